The molecule has 0 aliphatic rings. The first-order chi connectivity index (χ1) is 4.85. The van der Waals surface area contributed by atoms with Crippen molar-refractivity contribution in [3.8, 4) is 0 Å². The molecular weight excluding hydrogens is 148 g/mol. The fourth-order valence-corrected chi connectivity index (χ4v) is 0.859. The highest BCUT2D eigenvalue weighted by Crippen LogP contribution is 1.90. The van der Waals surface area contributed by atoms with Crippen LogP contribution in [0.5, 0.6) is 0 Å². The van der Waals surface area contributed by atoms with Gasteiger partial charge in [-0.05, 0) is 6.42 Å². The molecule has 0 heterocycles. The maximum absolute atomic E-state index is 4.69. The van der Waals surface area contributed by atoms with Gasteiger partial charge in [-0.2, -0.15) is 11.0 Å². The Hall–Kier alpha value is 0.0569. The van der Waals surface area contributed by atoms with Crippen molar-refractivity contribution in [1.82, 2.24) is 11.0 Å². The molecule has 0 amide bonds. The first-order valence-electron chi connectivity index (χ1n) is 3.06. The quantitative estimate of drug-likeness (QED) is 0.316. The molecule has 2 N–H and O–H groups in total. The van der Waals surface area contributed by atoms with Crippen LogP contribution in [0.2, 0.25) is 6.04 Å². The molecule has 0 aliphatic heterocycles. The number of hydrogen-bond donors (Lipinski definition) is 2. The van der Waals surface area contributed by atoms with Crippen molar-refractivity contribution in [2.45, 2.75) is 18.6 Å². The molecule has 0 aromatic carbocycles. The largest absolute Gasteiger partial charge is 0.304 e. The summed E-state index contributed by atoms with van der Waals surface area (Å²) in [6, 6.07) is 0.886. The van der Waals surface area contributed by atoms with Crippen molar-refractivity contribution < 1.29 is 9.68 Å². The first-order valence-corrected chi connectivity index (χ1v) is 3.77. The van der Waals surface area contributed by atoms with Crippen molar-refractivity contribution in [3.05, 3.63) is 0 Å². The zero-order valence-electron chi connectivity index (χ0n) is 6.31. The Labute approximate surface area is 64.6 Å². The summed E-state index contributed by atoms with van der Waals surface area (Å²) in [4.78, 5) is 9.39. The van der Waals surface area contributed by atoms with Crippen LogP contribution in [0.25, 0.3) is 0 Å². The summed E-state index contributed by atoms with van der Waals surface area (Å²) in [7, 11) is 6.48. The van der Waals surface area contributed by atoms with Gasteiger partial charge in [0.2, 0.25) is 0 Å². The SMILES string of the molecule is CONC(CC[Si])NOC. The van der Waals surface area contributed by atoms with E-state index in [2.05, 4.69) is 21.2 Å². The minimum atomic E-state index is 0.0347. The van der Waals surface area contributed by atoms with Crippen LogP contribution in [0.4, 0.5) is 0 Å². The van der Waals surface area contributed by atoms with Gasteiger partial charge in [-0.3, -0.25) is 0 Å². The molecule has 59 valence electrons. The van der Waals surface area contributed by atoms with Gasteiger partial charge in [0.05, 0.1) is 14.2 Å². The fourth-order valence-electron chi connectivity index (χ4n) is 0.571. The second kappa shape index (κ2) is 7.17. The van der Waals surface area contributed by atoms with E-state index in [4.69, 9.17) is 9.68 Å². The van der Waals surface area contributed by atoms with E-state index in [1.54, 1.807) is 14.2 Å². The van der Waals surface area contributed by atoms with Crippen molar-refractivity contribution in [2.24, 2.45) is 0 Å². The second-order valence-electron chi connectivity index (χ2n) is 1.74. The molecule has 0 bridgehead atoms. The molecule has 0 saturated carbocycles. The average molecular weight is 161 g/mol. The van der Waals surface area contributed by atoms with Crippen LogP contribution in [0.3, 0.4) is 0 Å². The number of hydroxylamine groups is 2. The Morgan fingerprint density at radius 2 is 1.80 bits per heavy atom. The van der Waals surface area contributed by atoms with E-state index in [1.165, 1.54) is 0 Å². The lowest BCUT2D eigenvalue weighted by atomic mass is 10.4. The maximum Gasteiger partial charge on any atom is 0.104 e. The summed E-state index contributed by atoms with van der Waals surface area (Å²) in [5.74, 6) is 0. The number of rotatable bonds is 6. The lowest BCUT2D eigenvalue weighted by molar-refractivity contribution is -0.0270. The van der Waals surface area contributed by atoms with Gasteiger partial charge in [0.25, 0.3) is 0 Å². The summed E-state index contributed by atoms with van der Waals surface area (Å²) >= 11 is 0. The Morgan fingerprint density at radius 3 is 2.10 bits per heavy atom. The Kier molecular flexibility index (Phi) is 7.21. The zero-order chi connectivity index (χ0) is 7.82. The smallest absolute Gasteiger partial charge is 0.104 e. The van der Waals surface area contributed by atoms with E-state index < -0.39 is 0 Å². The van der Waals surface area contributed by atoms with Gasteiger partial charge in [-0.25, -0.2) is 0 Å². The monoisotopic (exact) mass is 161 g/mol. The molecule has 0 aromatic heterocycles. The van der Waals surface area contributed by atoms with E-state index in [9.17, 15) is 0 Å². The van der Waals surface area contributed by atoms with E-state index in [-0.39, 0.29) is 6.17 Å². The minimum absolute atomic E-state index is 0.0347. The molecule has 10 heavy (non-hydrogen) atoms. The summed E-state index contributed by atoms with van der Waals surface area (Å²) in [6.45, 7) is 0. The molecule has 0 rings (SSSR count). The van der Waals surface area contributed by atoms with Gasteiger partial charge in [-0.15, -0.1) is 0 Å². The van der Waals surface area contributed by atoms with E-state index in [1.807, 2.05) is 0 Å². The van der Waals surface area contributed by atoms with Crippen molar-refractivity contribution in [1.29, 1.82) is 0 Å². The molecule has 3 radical (unpaired) electrons. The van der Waals surface area contributed by atoms with Crippen LogP contribution in [0.1, 0.15) is 6.42 Å². The van der Waals surface area contributed by atoms with Gasteiger partial charge in [0.1, 0.15) is 6.17 Å². The molecule has 0 unspecified atom stereocenters. The third kappa shape index (κ3) is 4.89. The van der Waals surface area contributed by atoms with Gasteiger partial charge >= 0.3 is 0 Å². The highest BCUT2D eigenvalue weighted by molar-refractivity contribution is 6.08. The topological polar surface area (TPSA) is 42.5 Å². The zero-order valence-corrected chi connectivity index (χ0v) is 7.31. The Balaban J connectivity index is 3.30. The number of nitrogens with one attached hydrogen (secondary N) is 2. The van der Waals surface area contributed by atoms with Crippen LogP contribution in [0.15, 0.2) is 0 Å². The van der Waals surface area contributed by atoms with Gasteiger partial charge in [-0.1, -0.05) is 6.04 Å². The van der Waals surface area contributed by atoms with Gasteiger partial charge in [0.15, 0.2) is 0 Å². The maximum atomic E-state index is 4.69. The predicted octanol–water partition coefficient (Wildman–Crippen LogP) is -0.409. The molecule has 0 saturated heterocycles. The lowest BCUT2D eigenvalue weighted by Crippen LogP contribution is -2.40. The van der Waals surface area contributed by atoms with E-state index in [0.717, 1.165) is 12.5 Å². The first kappa shape index (κ1) is 10.1. The Morgan fingerprint density at radius 1 is 1.30 bits per heavy atom. The van der Waals surface area contributed by atoms with Gasteiger partial charge < -0.3 is 9.68 Å². The van der Waals surface area contributed by atoms with Crippen molar-refractivity contribution in [2.75, 3.05) is 14.2 Å². The highest BCUT2D eigenvalue weighted by atomic mass is 28.1. The molecule has 0 atom stereocenters. The molecule has 0 fully saturated rings. The van der Waals surface area contributed by atoms with Crippen LogP contribution in [0, 0.1) is 0 Å². The third-order valence-corrected chi connectivity index (χ3v) is 1.24. The fraction of sp³-hybridized carbons (Fsp3) is 1.00. The van der Waals surface area contributed by atoms with E-state index in [0.29, 0.717) is 0 Å². The van der Waals surface area contributed by atoms with Crippen LogP contribution >= 0.6 is 0 Å². The lowest BCUT2D eigenvalue weighted by Gasteiger charge is -2.15. The molecule has 4 nitrogen and oxygen atoms in total. The van der Waals surface area contributed by atoms with Crippen LogP contribution in [-0.2, 0) is 9.68 Å². The summed E-state index contributed by atoms with van der Waals surface area (Å²) in [5, 5.41) is 0. The Bertz CT molecular complexity index is 60.4. The third-order valence-electron chi connectivity index (χ3n) is 0.953. The second-order valence-corrected chi connectivity index (χ2v) is 2.24. The standard InChI is InChI=1S/C5H13N2O2Si/c1-8-6-5(3-4-10)7-9-2/h5-7H,3-4H2,1-2H3. The predicted molar refractivity (Wildman–Crippen MR) is 39.3 cm³/mol. The molecule has 0 aliphatic carbocycles. The highest BCUT2D eigenvalue weighted by Gasteiger charge is 2.03. The molecule has 0 spiro atoms. The van der Waals surface area contributed by atoms with Crippen molar-refractivity contribution >= 4 is 10.2 Å². The summed E-state index contributed by atoms with van der Waals surface area (Å²) in [5.41, 5.74) is 5.43. The minimum Gasteiger partial charge on any atom is -0.304 e. The molecule has 5 heteroatoms. The summed E-state index contributed by atoms with van der Waals surface area (Å²) in [6.07, 6.45) is 0.922. The van der Waals surface area contributed by atoms with Crippen molar-refractivity contribution in [3.63, 3.8) is 0 Å². The van der Waals surface area contributed by atoms with E-state index >= 15 is 0 Å². The van der Waals surface area contributed by atoms with Gasteiger partial charge in [0, 0.05) is 10.2 Å². The molecule has 0 aromatic rings. The van der Waals surface area contributed by atoms with Crippen LogP contribution < -0.4 is 11.0 Å². The van der Waals surface area contributed by atoms with Crippen LogP contribution in [-0.4, -0.2) is 30.6 Å². The number of hydrogen-bond acceptors (Lipinski definition) is 4. The molecular formula is C5H13N2O2Si. The summed E-state index contributed by atoms with van der Waals surface area (Å²) < 4.78 is 0. The normalized spacial score (nSPS) is 10.8. The average Bonchev–Trinajstić information content (AvgIpc) is 1.90.